The van der Waals surface area contributed by atoms with Crippen LogP contribution in [0, 0.1) is 5.92 Å². The third-order valence-corrected chi connectivity index (χ3v) is 7.87. The summed E-state index contributed by atoms with van der Waals surface area (Å²) >= 11 is 0. The molecule has 0 aliphatic carbocycles. The van der Waals surface area contributed by atoms with Gasteiger partial charge in [0.1, 0.15) is 0 Å². The summed E-state index contributed by atoms with van der Waals surface area (Å²) < 4.78 is 53.2. The Hall–Kier alpha value is -2.98. The largest absolute Gasteiger partial charge is 0.277 e. The number of hydrogen-bond donors (Lipinski definition) is 1. The lowest BCUT2D eigenvalue weighted by molar-refractivity contribution is -0.119. The summed E-state index contributed by atoms with van der Waals surface area (Å²) in [4.78, 5) is 16.3. The molecule has 1 aromatic heterocycles. The highest BCUT2D eigenvalue weighted by Crippen LogP contribution is 2.30. The fourth-order valence-corrected chi connectivity index (χ4v) is 6.12. The predicted molar refractivity (Wildman–Crippen MR) is 109 cm³/mol. The molecule has 2 aromatic carbocycles. The molecule has 0 saturated carbocycles. The lowest BCUT2D eigenvalue weighted by Crippen LogP contribution is -2.30. The molecule has 0 radical (unpaired) electrons. The Morgan fingerprint density at radius 3 is 2.41 bits per heavy atom. The van der Waals surface area contributed by atoms with Crippen molar-refractivity contribution in [1.29, 1.82) is 0 Å². The Morgan fingerprint density at radius 1 is 1.07 bits per heavy atom. The average Bonchev–Trinajstić information content (AvgIpc) is 2.89. The standard InChI is InChI=1S/C19H17N3O5S2/c1-13-12-28(24,25)22(19(13)23)15-7-9-16(10-8-15)29(26,27)21-17-6-2-4-14-5-3-11-20-18(14)17/h2-11,13,21H,12H2,1H3/t13-/m0/s1. The van der Waals surface area contributed by atoms with Gasteiger partial charge < -0.3 is 0 Å². The molecule has 10 heteroatoms. The number of sulfonamides is 2. The van der Waals surface area contributed by atoms with Crippen molar-refractivity contribution in [3.63, 3.8) is 0 Å². The number of rotatable bonds is 4. The molecule has 150 valence electrons. The van der Waals surface area contributed by atoms with E-state index in [2.05, 4.69) is 9.71 Å². The maximum atomic E-state index is 12.8. The number of pyridine rings is 1. The van der Waals surface area contributed by atoms with Crippen LogP contribution >= 0.6 is 0 Å². The van der Waals surface area contributed by atoms with Gasteiger partial charge in [0, 0.05) is 11.6 Å². The van der Waals surface area contributed by atoms with Gasteiger partial charge in [-0.15, -0.1) is 0 Å². The van der Waals surface area contributed by atoms with Crippen LogP contribution in [0.25, 0.3) is 10.9 Å². The van der Waals surface area contributed by atoms with Gasteiger partial charge in [-0.05, 0) is 36.4 Å². The molecule has 2 heterocycles. The molecule has 29 heavy (non-hydrogen) atoms. The molecule has 1 atom stereocenters. The predicted octanol–water partition coefficient (Wildman–Crippen LogP) is 2.35. The highest BCUT2D eigenvalue weighted by atomic mass is 32.2. The molecule has 1 aliphatic heterocycles. The number of hydrogen-bond acceptors (Lipinski definition) is 6. The maximum absolute atomic E-state index is 12.8. The van der Waals surface area contributed by atoms with Crippen molar-refractivity contribution < 1.29 is 21.6 Å². The zero-order chi connectivity index (χ0) is 20.8. The molecular formula is C19H17N3O5S2. The number of aromatic nitrogens is 1. The number of para-hydroxylation sites is 1. The number of carbonyl (C=O) groups is 1. The third-order valence-electron chi connectivity index (χ3n) is 4.62. The zero-order valence-electron chi connectivity index (χ0n) is 15.3. The molecule has 0 unspecified atom stereocenters. The Labute approximate surface area is 168 Å². The summed E-state index contributed by atoms with van der Waals surface area (Å²) in [6, 6.07) is 13.9. The first-order chi connectivity index (χ1) is 13.7. The quantitative estimate of drug-likeness (QED) is 0.678. The minimum absolute atomic E-state index is 0.0636. The SMILES string of the molecule is C[C@H]1CS(=O)(=O)N(c2ccc(S(=O)(=O)Nc3cccc4cccnc34)cc2)C1=O. The van der Waals surface area contributed by atoms with Gasteiger partial charge in [0.15, 0.2) is 0 Å². The van der Waals surface area contributed by atoms with Gasteiger partial charge in [0.25, 0.3) is 10.0 Å². The summed E-state index contributed by atoms with van der Waals surface area (Å²) in [7, 11) is -7.69. The number of nitrogens with one attached hydrogen (secondary N) is 1. The topological polar surface area (TPSA) is 114 Å². The van der Waals surface area contributed by atoms with E-state index in [1.165, 1.54) is 24.3 Å². The van der Waals surface area contributed by atoms with E-state index >= 15 is 0 Å². The van der Waals surface area contributed by atoms with Crippen LogP contribution in [0.1, 0.15) is 6.92 Å². The smallest absolute Gasteiger partial charge is 0.261 e. The fraction of sp³-hybridized carbons (Fsp3) is 0.158. The molecule has 0 spiro atoms. The summed E-state index contributed by atoms with van der Waals surface area (Å²) in [5.74, 6) is -1.42. The van der Waals surface area contributed by atoms with Gasteiger partial charge >= 0.3 is 0 Å². The molecule has 1 saturated heterocycles. The van der Waals surface area contributed by atoms with Crippen LogP contribution in [0.15, 0.2) is 65.7 Å². The van der Waals surface area contributed by atoms with Gasteiger partial charge in [0.05, 0.1) is 33.5 Å². The van der Waals surface area contributed by atoms with Crippen LogP contribution in [-0.4, -0.2) is 33.5 Å². The lowest BCUT2D eigenvalue weighted by Gasteiger charge is -2.16. The highest BCUT2D eigenvalue weighted by Gasteiger charge is 2.41. The van der Waals surface area contributed by atoms with E-state index in [-0.39, 0.29) is 16.3 Å². The van der Waals surface area contributed by atoms with Crippen molar-refractivity contribution >= 4 is 48.2 Å². The third kappa shape index (κ3) is 3.45. The van der Waals surface area contributed by atoms with Crippen LogP contribution in [0.4, 0.5) is 11.4 Å². The van der Waals surface area contributed by atoms with Crippen molar-refractivity contribution in [3.8, 4) is 0 Å². The maximum Gasteiger partial charge on any atom is 0.261 e. The van der Waals surface area contributed by atoms with Crippen LogP contribution in [-0.2, 0) is 24.8 Å². The first kappa shape index (κ1) is 19.3. The number of carbonyl (C=O) groups excluding carboxylic acids is 1. The van der Waals surface area contributed by atoms with Crippen molar-refractivity contribution in [3.05, 3.63) is 60.8 Å². The van der Waals surface area contributed by atoms with Crippen molar-refractivity contribution in [2.75, 3.05) is 14.8 Å². The number of fused-ring (bicyclic) bond motifs is 1. The minimum atomic E-state index is -3.94. The normalized spacial score (nSPS) is 18.9. The summed E-state index contributed by atoms with van der Waals surface area (Å²) in [5, 5.41) is 0.787. The van der Waals surface area contributed by atoms with E-state index in [0.717, 1.165) is 9.69 Å². The molecule has 0 bridgehead atoms. The molecule has 1 amide bonds. The highest BCUT2D eigenvalue weighted by molar-refractivity contribution is 7.94. The van der Waals surface area contributed by atoms with Crippen LogP contribution in [0.5, 0.6) is 0 Å². The number of amides is 1. The van der Waals surface area contributed by atoms with E-state index in [9.17, 15) is 21.6 Å². The molecule has 3 aromatic rings. The summed E-state index contributed by atoms with van der Waals surface area (Å²) in [6.45, 7) is 1.54. The van der Waals surface area contributed by atoms with Crippen molar-refractivity contribution in [1.82, 2.24) is 4.98 Å². The lowest BCUT2D eigenvalue weighted by atomic mass is 10.2. The zero-order valence-corrected chi connectivity index (χ0v) is 16.9. The second kappa shape index (κ2) is 6.82. The molecule has 1 fully saturated rings. The average molecular weight is 431 g/mol. The minimum Gasteiger partial charge on any atom is -0.277 e. The van der Waals surface area contributed by atoms with E-state index in [4.69, 9.17) is 0 Å². The molecule has 4 rings (SSSR count). The van der Waals surface area contributed by atoms with E-state index in [1.807, 2.05) is 12.1 Å². The van der Waals surface area contributed by atoms with Crippen LogP contribution in [0.2, 0.25) is 0 Å². The molecular weight excluding hydrogens is 414 g/mol. The van der Waals surface area contributed by atoms with E-state index in [1.54, 1.807) is 31.3 Å². The Balaban J connectivity index is 1.66. The fourth-order valence-electron chi connectivity index (χ4n) is 3.24. The van der Waals surface area contributed by atoms with Gasteiger partial charge in [-0.2, -0.15) is 0 Å². The van der Waals surface area contributed by atoms with Crippen molar-refractivity contribution in [2.24, 2.45) is 5.92 Å². The number of nitrogens with zero attached hydrogens (tertiary/aromatic N) is 2. The number of anilines is 2. The Morgan fingerprint density at radius 2 is 1.76 bits per heavy atom. The van der Waals surface area contributed by atoms with E-state index < -0.39 is 31.9 Å². The summed E-state index contributed by atoms with van der Waals surface area (Å²) in [5.41, 5.74) is 0.960. The second-order valence-electron chi connectivity index (χ2n) is 6.76. The number of benzene rings is 2. The van der Waals surface area contributed by atoms with Crippen LogP contribution < -0.4 is 9.03 Å². The molecule has 1 N–H and O–H groups in total. The monoisotopic (exact) mass is 431 g/mol. The van der Waals surface area contributed by atoms with Crippen molar-refractivity contribution in [2.45, 2.75) is 11.8 Å². The molecule has 8 nitrogen and oxygen atoms in total. The van der Waals surface area contributed by atoms with Crippen LogP contribution in [0.3, 0.4) is 0 Å². The summed E-state index contributed by atoms with van der Waals surface area (Å²) in [6.07, 6.45) is 1.57. The second-order valence-corrected chi connectivity index (χ2v) is 10.3. The first-order valence-electron chi connectivity index (χ1n) is 8.72. The first-order valence-corrected chi connectivity index (χ1v) is 11.8. The Kier molecular flexibility index (Phi) is 4.55. The van der Waals surface area contributed by atoms with Gasteiger partial charge in [-0.1, -0.05) is 25.1 Å². The van der Waals surface area contributed by atoms with Gasteiger partial charge in [-0.25, -0.2) is 21.1 Å². The van der Waals surface area contributed by atoms with E-state index in [0.29, 0.717) is 11.2 Å². The van der Waals surface area contributed by atoms with Gasteiger partial charge in [0.2, 0.25) is 15.9 Å². The molecule has 1 aliphatic rings. The van der Waals surface area contributed by atoms with Gasteiger partial charge in [-0.3, -0.25) is 14.5 Å². The Bertz CT molecular complexity index is 1310.